The fourth-order valence-corrected chi connectivity index (χ4v) is 2.54. The predicted molar refractivity (Wildman–Crippen MR) is 105 cm³/mol. The number of amides is 1. The molecule has 0 aromatic heterocycles. The maximum absolute atomic E-state index is 12.0. The summed E-state index contributed by atoms with van der Waals surface area (Å²) >= 11 is 0. The molecule has 1 heterocycles. The summed E-state index contributed by atoms with van der Waals surface area (Å²) in [6.45, 7) is -0.410. The molecule has 2 aromatic rings. The van der Waals surface area contributed by atoms with E-state index < -0.39 is 18.5 Å². The Bertz CT molecular complexity index is 1010. The maximum atomic E-state index is 12.0. The smallest absolute Gasteiger partial charge is 0.331 e. The first kappa shape index (κ1) is 20.5. The van der Waals surface area contributed by atoms with Gasteiger partial charge in [-0.1, -0.05) is 6.07 Å². The van der Waals surface area contributed by atoms with Gasteiger partial charge in [0.15, 0.2) is 36.2 Å². The van der Waals surface area contributed by atoms with E-state index in [4.69, 9.17) is 28.9 Å². The van der Waals surface area contributed by atoms with Crippen LogP contribution >= 0.6 is 0 Å². The third-order valence-electron chi connectivity index (χ3n) is 3.89. The average molecular weight is 410 g/mol. The standard InChI is InChI=1S/C21H18N2O7/c1-26-18-10-14(2-5-16(18)27-9-8-22)3-7-21(25)28-12-20(24)23-15-4-6-17-19(11-15)30-13-29-17/h2-7,10-11H,9,12-13H2,1H3,(H,23,24). The van der Waals surface area contributed by atoms with Crippen LogP contribution in [0.4, 0.5) is 5.69 Å². The van der Waals surface area contributed by atoms with Crippen LogP contribution in [0.5, 0.6) is 23.0 Å². The SMILES string of the molecule is COc1cc(C=CC(=O)OCC(=O)Nc2ccc3c(c2)OCO3)ccc1OCC#N. The van der Waals surface area contributed by atoms with Crippen molar-refractivity contribution in [2.75, 3.05) is 32.4 Å². The van der Waals surface area contributed by atoms with E-state index in [9.17, 15) is 9.59 Å². The minimum absolute atomic E-state index is 0.105. The van der Waals surface area contributed by atoms with Crippen molar-refractivity contribution in [1.29, 1.82) is 5.26 Å². The number of methoxy groups -OCH3 is 1. The topological polar surface area (TPSA) is 116 Å². The molecule has 0 spiro atoms. The van der Waals surface area contributed by atoms with Crippen LogP contribution in [0.3, 0.4) is 0 Å². The van der Waals surface area contributed by atoms with E-state index in [0.717, 1.165) is 0 Å². The summed E-state index contributed by atoms with van der Waals surface area (Å²) in [6.07, 6.45) is 2.70. The molecule has 0 saturated carbocycles. The zero-order valence-corrected chi connectivity index (χ0v) is 16.0. The van der Waals surface area contributed by atoms with Gasteiger partial charge in [0, 0.05) is 17.8 Å². The highest BCUT2D eigenvalue weighted by molar-refractivity contribution is 5.94. The van der Waals surface area contributed by atoms with Crippen molar-refractivity contribution in [2.45, 2.75) is 0 Å². The maximum Gasteiger partial charge on any atom is 0.331 e. The molecule has 0 unspecified atom stereocenters. The first-order valence-corrected chi connectivity index (χ1v) is 8.81. The van der Waals surface area contributed by atoms with Crippen molar-refractivity contribution in [3.8, 4) is 29.1 Å². The Hall–Kier alpha value is -4.19. The second-order valence-electron chi connectivity index (χ2n) is 5.91. The first-order chi connectivity index (χ1) is 14.6. The molecule has 0 aliphatic carbocycles. The van der Waals surface area contributed by atoms with E-state index in [0.29, 0.717) is 34.2 Å². The number of rotatable bonds is 8. The molecule has 1 amide bonds. The molecule has 0 bridgehead atoms. The van der Waals surface area contributed by atoms with Crippen molar-refractivity contribution < 1.29 is 33.3 Å². The number of carbonyl (C=O) groups excluding carboxylic acids is 2. The van der Waals surface area contributed by atoms with Crippen molar-refractivity contribution in [3.05, 3.63) is 48.0 Å². The zero-order chi connectivity index (χ0) is 21.3. The Morgan fingerprint density at radius 1 is 1.17 bits per heavy atom. The summed E-state index contributed by atoms with van der Waals surface area (Å²) in [6, 6.07) is 11.8. The Kier molecular flexibility index (Phi) is 6.74. The molecule has 0 fully saturated rings. The van der Waals surface area contributed by atoms with Crippen molar-refractivity contribution in [3.63, 3.8) is 0 Å². The van der Waals surface area contributed by atoms with Gasteiger partial charge in [0.05, 0.1) is 7.11 Å². The van der Waals surface area contributed by atoms with Gasteiger partial charge in [-0.2, -0.15) is 5.26 Å². The van der Waals surface area contributed by atoms with Gasteiger partial charge in [0.25, 0.3) is 5.91 Å². The molecule has 1 aliphatic heterocycles. The van der Waals surface area contributed by atoms with Gasteiger partial charge in [-0.05, 0) is 35.9 Å². The van der Waals surface area contributed by atoms with Crippen molar-refractivity contribution in [1.82, 2.24) is 0 Å². The number of hydrogen-bond donors (Lipinski definition) is 1. The number of fused-ring (bicyclic) bond motifs is 1. The number of ether oxygens (including phenoxy) is 5. The summed E-state index contributed by atoms with van der Waals surface area (Å²) in [5.41, 5.74) is 1.15. The lowest BCUT2D eigenvalue weighted by atomic mass is 10.2. The van der Waals surface area contributed by atoms with Gasteiger partial charge >= 0.3 is 5.97 Å². The number of anilines is 1. The minimum atomic E-state index is -0.681. The Morgan fingerprint density at radius 2 is 2.00 bits per heavy atom. The molecular formula is C21H18N2O7. The number of nitrogens with one attached hydrogen (secondary N) is 1. The number of nitrogens with zero attached hydrogens (tertiary/aromatic N) is 1. The third-order valence-corrected chi connectivity index (χ3v) is 3.89. The molecule has 0 radical (unpaired) electrons. The fourth-order valence-electron chi connectivity index (χ4n) is 2.54. The monoisotopic (exact) mass is 410 g/mol. The van der Waals surface area contributed by atoms with E-state index in [-0.39, 0.29) is 13.4 Å². The third kappa shape index (κ3) is 5.42. The molecule has 30 heavy (non-hydrogen) atoms. The van der Waals surface area contributed by atoms with E-state index in [1.54, 1.807) is 36.4 Å². The second-order valence-corrected chi connectivity index (χ2v) is 5.91. The summed E-state index contributed by atoms with van der Waals surface area (Å²) < 4.78 is 25.8. The van der Waals surface area contributed by atoms with Gasteiger partial charge in [0.1, 0.15) is 6.07 Å². The Morgan fingerprint density at radius 3 is 2.80 bits per heavy atom. The van der Waals surface area contributed by atoms with Gasteiger partial charge in [-0.15, -0.1) is 0 Å². The number of benzene rings is 2. The van der Waals surface area contributed by atoms with Crippen LogP contribution in [0.15, 0.2) is 42.5 Å². The van der Waals surface area contributed by atoms with Crippen LogP contribution in [0, 0.1) is 11.3 Å². The van der Waals surface area contributed by atoms with Gasteiger partial charge < -0.3 is 29.0 Å². The van der Waals surface area contributed by atoms with Crippen LogP contribution < -0.4 is 24.3 Å². The number of esters is 1. The molecule has 9 heteroatoms. The van der Waals surface area contributed by atoms with Gasteiger partial charge in [-0.25, -0.2) is 4.79 Å². The molecule has 0 saturated heterocycles. The minimum Gasteiger partial charge on any atom is -0.493 e. The molecule has 2 aromatic carbocycles. The lowest BCUT2D eigenvalue weighted by Crippen LogP contribution is -2.20. The highest BCUT2D eigenvalue weighted by atomic mass is 16.7. The fraction of sp³-hybridized carbons (Fsp3) is 0.190. The van der Waals surface area contributed by atoms with Crippen LogP contribution in [0.25, 0.3) is 6.08 Å². The number of carbonyl (C=O) groups is 2. The number of hydrogen-bond acceptors (Lipinski definition) is 8. The van der Waals surface area contributed by atoms with E-state index in [2.05, 4.69) is 5.32 Å². The van der Waals surface area contributed by atoms with Crippen LogP contribution in [0.1, 0.15) is 5.56 Å². The van der Waals surface area contributed by atoms with Crippen LogP contribution in [-0.2, 0) is 14.3 Å². The summed E-state index contributed by atoms with van der Waals surface area (Å²) in [5.74, 6) is 0.803. The molecule has 154 valence electrons. The quantitative estimate of drug-likeness (QED) is 0.521. The highest BCUT2D eigenvalue weighted by Gasteiger charge is 2.14. The first-order valence-electron chi connectivity index (χ1n) is 8.81. The van der Waals surface area contributed by atoms with E-state index >= 15 is 0 Å². The Balaban J connectivity index is 1.49. The highest BCUT2D eigenvalue weighted by Crippen LogP contribution is 2.34. The zero-order valence-electron chi connectivity index (χ0n) is 16.0. The van der Waals surface area contributed by atoms with Crippen molar-refractivity contribution >= 4 is 23.6 Å². The normalized spacial score (nSPS) is 11.6. The van der Waals surface area contributed by atoms with E-state index in [1.165, 1.54) is 19.3 Å². The number of nitriles is 1. The van der Waals surface area contributed by atoms with Crippen LogP contribution in [-0.4, -0.2) is 39.0 Å². The lowest BCUT2D eigenvalue weighted by Gasteiger charge is -2.08. The summed E-state index contributed by atoms with van der Waals surface area (Å²) in [5, 5.41) is 11.2. The van der Waals surface area contributed by atoms with Gasteiger partial charge in [-0.3, -0.25) is 4.79 Å². The molecule has 0 atom stereocenters. The second kappa shape index (κ2) is 9.84. The van der Waals surface area contributed by atoms with Crippen molar-refractivity contribution in [2.24, 2.45) is 0 Å². The largest absolute Gasteiger partial charge is 0.493 e. The van der Waals surface area contributed by atoms with Crippen LogP contribution in [0.2, 0.25) is 0 Å². The summed E-state index contributed by atoms with van der Waals surface area (Å²) in [7, 11) is 1.47. The van der Waals surface area contributed by atoms with Gasteiger partial charge in [0.2, 0.25) is 6.79 Å². The lowest BCUT2D eigenvalue weighted by molar-refractivity contribution is -0.142. The molecule has 9 nitrogen and oxygen atoms in total. The molecule has 1 aliphatic rings. The predicted octanol–water partition coefficient (Wildman–Crippen LogP) is 2.52. The molecular weight excluding hydrogens is 392 g/mol. The Labute approximate surface area is 172 Å². The molecule has 3 rings (SSSR count). The van der Waals surface area contributed by atoms with E-state index in [1.807, 2.05) is 6.07 Å². The summed E-state index contributed by atoms with van der Waals surface area (Å²) in [4.78, 5) is 23.8. The average Bonchev–Trinajstić information content (AvgIpc) is 3.23. The molecule has 1 N–H and O–H groups in total.